The van der Waals surface area contributed by atoms with Crippen LogP contribution in [0.5, 0.6) is 5.88 Å². The second-order valence-electron chi connectivity index (χ2n) is 3.96. The Balaban J connectivity index is 2.74. The minimum atomic E-state index is -0.0949. The zero-order valence-corrected chi connectivity index (χ0v) is 10.8. The second-order valence-corrected chi connectivity index (χ2v) is 3.96. The van der Waals surface area contributed by atoms with E-state index in [4.69, 9.17) is 4.74 Å². The third-order valence-electron chi connectivity index (χ3n) is 2.62. The number of ether oxygens (including phenoxy) is 1. The largest absolute Gasteiger partial charge is 0.480 e. The average molecular weight is 239 g/mol. The second kappa shape index (κ2) is 7.06. The van der Waals surface area contributed by atoms with Gasteiger partial charge in [0.15, 0.2) is 0 Å². The van der Waals surface area contributed by atoms with E-state index >= 15 is 0 Å². The number of nitrogens with one attached hydrogen (secondary N) is 1. The van der Waals surface area contributed by atoms with Gasteiger partial charge in [0.25, 0.3) is 5.56 Å². The summed E-state index contributed by atoms with van der Waals surface area (Å²) in [6.07, 6.45) is 2.04. The molecule has 1 N–H and O–H groups in total. The molecule has 1 rings (SSSR count). The molecular weight excluding hydrogens is 218 g/mol. The van der Waals surface area contributed by atoms with Gasteiger partial charge in [-0.1, -0.05) is 13.8 Å². The fraction of sp³-hybridized carbons (Fsp3) is 0.667. The van der Waals surface area contributed by atoms with Crippen LogP contribution in [0.25, 0.3) is 0 Å². The Morgan fingerprint density at radius 3 is 2.82 bits per heavy atom. The molecule has 0 radical (unpaired) electrons. The van der Waals surface area contributed by atoms with Crippen LogP contribution in [0.3, 0.4) is 0 Å². The molecule has 0 aliphatic heterocycles. The molecule has 5 nitrogen and oxygen atoms in total. The highest BCUT2D eigenvalue weighted by Crippen LogP contribution is 2.01. The molecule has 0 spiro atoms. The smallest absolute Gasteiger partial charge is 0.267 e. The van der Waals surface area contributed by atoms with Gasteiger partial charge in [-0.25, -0.2) is 4.68 Å². The lowest BCUT2D eigenvalue weighted by molar-refractivity contribution is 0.355. The van der Waals surface area contributed by atoms with E-state index in [1.807, 2.05) is 0 Å². The van der Waals surface area contributed by atoms with Crippen molar-refractivity contribution in [3.63, 3.8) is 0 Å². The molecule has 0 aliphatic carbocycles. The van der Waals surface area contributed by atoms with Crippen molar-refractivity contribution >= 4 is 0 Å². The van der Waals surface area contributed by atoms with Crippen LogP contribution in [0.2, 0.25) is 0 Å². The molecule has 0 aliphatic rings. The van der Waals surface area contributed by atoms with E-state index in [2.05, 4.69) is 24.3 Å². The van der Waals surface area contributed by atoms with Crippen molar-refractivity contribution in [2.45, 2.75) is 39.3 Å². The predicted molar refractivity (Wildman–Crippen MR) is 67.4 cm³/mol. The number of rotatable bonds is 7. The Bertz CT molecular complexity index is 390. The van der Waals surface area contributed by atoms with Crippen LogP contribution in [0.4, 0.5) is 0 Å². The van der Waals surface area contributed by atoms with Gasteiger partial charge in [0, 0.05) is 18.2 Å². The topological polar surface area (TPSA) is 56.1 Å². The average Bonchev–Trinajstić information content (AvgIpc) is 2.36. The maximum absolute atomic E-state index is 11.6. The van der Waals surface area contributed by atoms with Crippen LogP contribution in [0.15, 0.2) is 16.9 Å². The molecule has 0 saturated heterocycles. The van der Waals surface area contributed by atoms with Gasteiger partial charge >= 0.3 is 0 Å². The van der Waals surface area contributed by atoms with Gasteiger partial charge in [0.1, 0.15) is 0 Å². The summed E-state index contributed by atoms with van der Waals surface area (Å²) in [4.78, 5) is 11.6. The van der Waals surface area contributed by atoms with E-state index in [1.165, 1.54) is 10.7 Å². The number of methoxy groups -OCH3 is 1. The first-order valence-electron chi connectivity index (χ1n) is 6.06. The third kappa shape index (κ3) is 4.19. The molecule has 1 aromatic heterocycles. The minimum Gasteiger partial charge on any atom is -0.480 e. The molecule has 0 aromatic carbocycles. The van der Waals surface area contributed by atoms with E-state index < -0.39 is 0 Å². The molecule has 17 heavy (non-hydrogen) atoms. The van der Waals surface area contributed by atoms with Crippen LogP contribution >= 0.6 is 0 Å². The van der Waals surface area contributed by atoms with Crippen molar-refractivity contribution in [1.29, 1.82) is 0 Å². The molecule has 1 heterocycles. The molecule has 0 fully saturated rings. The third-order valence-corrected chi connectivity index (χ3v) is 2.62. The van der Waals surface area contributed by atoms with Gasteiger partial charge in [0.05, 0.1) is 13.7 Å². The van der Waals surface area contributed by atoms with Gasteiger partial charge in [-0.3, -0.25) is 4.79 Å². The molecule has 0 saturated carbocycles. The molecule has 1 aromatic rings. The number of hydrogen-bond donors (Lipinski definition) is 1. The van der Waals surface area contributed by atoms with Crippen molar-refractivity contribution in [2.24, 2.45) is 0 Å². The summed E-state index contributed by atoms with van der Waals surface area (Å²) in [6.45, 7) is 5.75. The monoisotopic (exact) mass is 239 g/mol. The first-order valence-corrected chi connectivity index (χ1v) is 6.06. The molecule has 0 amide bonds. The summed E-state index contributed by atoms with van der Waals surface area (Å²) >= 11 is 0. The molecule has 0 bridgehead atoms. The van der Waals surface area contributed by atoms with E-state index in [1.54, 1.807) is 13.2 Å². The highest BCUT2D eigenvalue weighted by atomic mass is 16.5. The van der Waals surface area contributed by atoms with Gasteiger partial charge in [-0.15, -0.1) is 5.10 Å². The standard InChI is InChI=1S/C12H21N3O2/c1-4-8-13-10(5-2)9-15-12(16)7-6-11(14-15)17-3/h6-7,10,13H,4-5,8-9H2,1-3H3. The highest BCUT2D eigenvalue weighted by Gasteiger charge is 2.08. The van der Waals surface area contributed by atoms with E-state index in [9.17, 15) is 4.79 Å². The number of hydrogen-bond acceptors (Lipinski definition) is 4. The van der Waals surface area contributed by atoms with Crippen LogP contribution in [-0.4, -0.2) is 29.5 Å². The van der Waals surface area contributed by atoms with Crippen molar-refractivity contribution in [3.05, 3.63) is 22.5 Å². The molecule has 1 unspecified atom stereocenters. The zero-order valence-electron chi connectivity index (χ0n) is 10.8. The Hall–Kier alpha value is -1.36. The first kappa shape index (κ1) is 13.7. The summed E-state index contributed by atoms with van der Waals surface area (Å²) in [5, 5.41) is 7.52. The SMILES string of the molecule is CCCNC(CC)Cn1nc(OC)ccc1=O. The molecule has 5 heteroatoms. The normalized spacial score (nSPS) is 12.4. The van der Waals surface area contributed by atoms with E-state index in [-0.39, 0.29) is 11.6 Å². The van der Waals surface area contributed by atoms with Crippen molar-refractivity contribution in [3.8, 4) is 5.88 Å². The van der Waals surface area contributed by atoms with Crippen LogP contribution < -0.4 is 15.6 Å². The van der Waals surface area contributed by atoms with Crippen LogP contribution in [0, 0.1) is 0 Å². The van der Waals surface area contributed by atoms with E-state index in [0.29, 0.717) is 12.4 Å². The van der Waals surface area contributed by atoms with Crippen molar-refractivity contribution in [1.82, 2.24) is 15.1 Å². The lowest BCUT2D eigenvalue weighted by atomic mass is 10.2. The molecule has 96 valence electrons. The summed E-state index contributed by atoms with van der Waals surface area (Å²) < 4.78 is 6.47. The van der Waals surface area contributed by atoms with Crippen LogP contribution in [0.1, 0.15) is 26.7 Å². The van der Waals surface area contributed by atoms with Crippen molar-refractivity contribution in [2.75, 3.05) is 13.7 Å². The summed E-state index contributed by atoms with van der Waals surface area (Å²) in [5.41, 5.74) is -0.0949. The maximum atomic E-state index is 11.6. The fourth-order valence-electron chi connectivity index (χ4n) is 1.57. The Morgan fingerprint density at radius 1 is 1.47 bits per heavy atom. The maximum Gasteiger partial charge on any atom is 0.267 e. The first-order chi connectivity index (χ1) is 8.21. The summed E-state index contributed by atoms with van der Waals surface area (Å²) in [5.74, 6) is 0.468. The lowest BCUT2D eigenvalue weighted by Crippen LogP contribution is -2.37. The van der Waals surface area contributed by atoms with Crippen molar-refractivity contribution < 1.29 is 4.74 Å². The zero-order chi connectivity index (χ0) is 12.7. The van der Waals surface area contributed by atoms with Gasteiger partial charge in [-0.2, -0.15) is 0 Å². The highest BCUT2D eigenvalue weighted by molar-refractivity contribution is 5.06. The summed E-state index contributed by atoms with van der Waals surface area (Å²) in [6, 6.07) is 3.34. The summed E-state index contributed by atoms with van der Waals surface area (Å²) in [7, 11) is 1.55. The molecule has 1 atom stereocenters. The lowest BCUT2D eigenvalue weighted by Gasteiger charge is -2.17. The van der Waals surface area contributed by atoms with Gasteiger partial charge in [-0.05, 0) is 19.4 Å². The Kier molecular flexibility index (Phi) is 5.69. The van der Waals surface area contributed by atoms with Crippen LogP contribution in [-0.2, 0) is 6.54 Å². The predicted octanol–water partition coefficient (Wildman–Crippen LogP) is 1.03. The number of nitrogens with zero attached hydrogens (tertiary/aromatic N) is 2. The van der Waals surface area contributed by atoms with Gasteiger partial charge in [0.2, 0.25) is 5.88 Å². The minimum absolute atomic E-state index is 0.0949. The number of aromatic nitrogens is 2. The Morgan fingerprint density at radius 2 is 2.24 bits per heavy atom. The molecular formula is C12H21N3O2. The quantitative estimate of drug-likeness (QED) is 0.772. The van der Waals surface area contributed by atoms with E-state index in [0.717, 1.165) is 19.4 Å². The van der Waals surface area contributed by atoms with Gasteiger partial charge < -0.3 is 10.1 Å². The Labute approximate surface area is 102 Å². The fourth-order valence-corrected chi connectivity index (χ4v) is 1.57.